The van der Waals surface area contributed by atoms with Gasteiger partial charge in [-0.15, -0.1) is 0 Å². The first kappa shape index (κ1) is 35.5. The van der Waals surface area contributed by atoms with Crippen LogP contribution >= 0.6 is 31.9 Å². The van der Waals surface area contributed by atoms with Gasteiger partial charge in [0.25, 0.3) is 27.5 Å². The molecule has 2 amide bonds. The van der Waals surface area contributed by atoms with Crippen molar-refractivity contribution in [2.45, 2.75) is 4.90 Å². The van der Waals surface area contributed by atoms with Crippen molar-refractivity contribution in [3.8, 4) is 11.5 Å². The number of non-ortho nitro benzene ring substituents is 1. The van der Waals surface area contributed by atoms with E-state index in [1.54, 1.807) is 48.5 Å². The number of carbonyl (C=O) groups excluding carboxylic acids is 2. The average molecular weight is 780 g/mol. The highest BCUT2D eigenvalue weighted by Gasteiger charge is 2.18. The van der Waals surface area contributed by atoms with Crippen molar-refractivity contribution in [1.29, 1.82) is 0 Å². The van der Waals surface area contributed by atoms with Gasteiger partial charge in [0.1, 0.15) is 11.5 Å². The van der Waals surface area contributed by atoms with E-state index in [-0.39, 0.29) is 35.0 Å². The predicted molar refractivity (Wildman–Crippen MR) is 173 cm³/mol. The number of nitro groups is 1. The molecule has 0 aromatic heterocycles. The maximum atomic E-state index is 12.5. The number of hydrogen-bond acceptors (Lipinski definition) is 9. The first-order valence-corrected chi connectivity index (χ1v) is 15.8. The molecule has 4 N–H and O–H groups in total. The van der Waals surface area contributed by atoms with Crippen LogP contribution in [0, 0.1) is 10.1 Å². The molecule has 0 radical (unpaired) electrons. The second-order valence-corrected chi connectivity index (χ2v) is 12.3. The Bertz CT molecular complexity index is 1790. The molecule has 4 aromatic rings. The smallest absolute Gasteiger partial charge is 0.341 e. The highest BCUT2D eigenvalue weighted by Crippen LogP contribution is 2.21. The van der Waals surface area contributed by atoms with Gasteiger partial charge >= 0.3 is 5.97 Å². The molecule has 0 saturated heterocycles. The van der Waals surface area contributed by atoms with Crippen molar-refractivity contribution in [3.63, 3.8) is 0 Å². The van der Waals surface area contributed by atoms with Gasteiger partial charge < -0.3 is 14.6 Å². The van der Waals surface area contributed by atoms with Gasteiger partial charge in [-0.1, -0.05) is 37.9 Å². The van der Waals surface area contributed by atoms with E-state index in [9.17, 15) is 32.9 Å². The number of hydrogen-bond donors (Lipinski definition) is 4. The number of nitrogens with zero attached hydrogens (tertiary/aromatic N) is 1. The summed E-state index contributed by atoms with van der Waals surface area (Å²) in [5.41, 5.74) is 4.36. The lowest BCUT2D eigenvalue weighted by Gasteiger charge is -2.10. The number of rotatable bonds is 11. The number of carboxylic acid groups (broad SMARTS) is 1. The van der Waals surface area contributed by atoms with Crippen LogP contribution in [0.4, 0.5) is 11.4 Å². The Balaban J connectivity index is 0.000000402. The summed E-state index contributed by atoms with van der Waals surface area (Å²) < 4.78 is 39.2. The Morgan fingerprint density at radius 2 is 1.33 bits per heavy atom. The van der Waals surface area contributed by atoms with Crippen LogP contribution in [-0.2, 0) is 19.6 Å². The lowest BCUT2D eigenvalue weighted by atomic mass is 10.2. The van der Waals surface area contributed by atoms with Gasteiger partial charge in [0, 0.05) is 32.3 Å². The maximum absolute atomic E-state index is 12.5. The second-order valence-electron chi connectivity index (χ2n) is 8.82. The summed E-state index contributed by atoms with van der Waals surface area (Å²) in [5, 5.41) is 19.2. The molecule has 0 fully saturated rings. The number of anilines is 1. The molecule has 0 aliphatic carbocycles. The van der Waals surface area contributed by atoms with E-state index in [1.807, 2.05) is 0 Å². The normalized spacial score (nSPS) is 10.4. The predicted octanol–water partition coefficient (Wildman–Crippen LogP) is 4.91. The van der Waals surface area contributed by atoms with Crippen LogP contribution < -0.4 is 25.0 Å². The highest BCUT2D eigenvalue weighted by molar-refractivity contribution is 9.10. The third kappa shape index (κ3) is 11.8. The van der Waals surface area contributed by atoms with Crippen LogP contribution in [0.15, 0.2) is 111 Å². The number of aliphatic carboxylic acids is 1. The number of benzene rings is 4. The first-order valence-electron chi connectivity index (χ1n) is 12.8. The van der Waals surface area contributed by atoms with Gasteiger partial charge in [-0.25, -0.2) is 13.2 Å². The van der Waals surface area contributed by atoms with Crippen LogP contribution in [0.3, 0.4) is 0 Å². The highest BCUT2D eigenvalue weighted by atomic mass is 79.9. The molecular formula is C29H24Br2N4O10S. The summed E-state index contributed by atoms with van der Waals surface area (Å²) in [5.74, 6) is -1.16. The van der Waals surface area contributed by atoms with E-state index < -0.39 is 32.7 Å². The molecule has 0 unspecified atom stereocenters. The fourth-order valence-electron chi connectivity index (χ4n) is 3.26. The minimum atomic E-state index is -4.08. The zero-order chi connectivity index (χ0) is 33.7. The summed E-state index contributed by atoms with van der Waals surface area (Å²) >= 11 is 6.54. The van der Waals surface area contributed by atoms with Crippen molar-refractivity contribution in [1.82, 2.24) is 10.9 Å². The molecular weight excluding hydrogens is 756 g/mol. The summed E-state index contributed by atoms with van der Waals surface area (Å²) in [6.45, 7) is -0.623. The van der Waals surface area contributed by atoms with Crippen molar-refractivity contribution in [2.24, 2.45) is 0 Å². The average Bonchev–Trinajstić information content (AvgIpc) is 3.03. The summed E-state index contributed by atoms with van der Waals surface area (Å²) in [7, 11) is -4.08. The molecule has 0 saturated carbocycles. The zero-order valence-corrected chi connectivity index (χ0v) is 27.4. The topological polar surface area (TPSA) is 203 Å². The van der Waals surface area contributed by atoms with E-state index >= 15 is 0 Å². The van der Waals surface area contributed by atoms with Crippen molar-refractivity contribution < 1.29 is 42.3 Å². The van der Waals surface area contributed by atoms with E-state index in [2.05, 4.69) is 47.4 Å². The van der Waals surface area contributed by atoms with Gasteiger partial charge in [0.15, 0.2) is 13.2 Å². The fourth-order valence-corrected chi connectivity index (χ4v) is 4.88. The van der Waals surface area contributed by atoms with Crippen LogP contribution in [-0.4, -0.2) is 49.4 Å². The molecule has 17 heteroatoms. The minimum absolute atomic E-state index is 0.134. The van der Waals surface area contributed by atoms with Crippen molar-refractivity contribution >= 4 is 71.0 Å². The minimum Gasteiger partial charge on any atom is -0.484 e. The van der Waals surface area contributed by atoms with Crippen molar-refractivity contribution in [3.05, 3.63) is 122 Å². The number of amides is 2. The van der Waals surface area contributed by atoms with Gasteiger partial charge in [0.2, 0.25) is 0 Å². The Kier molecular flexibility index (Phi) is 13.0. The third-order valence-electron chi connectivity index (χ3n) is 5.41. The summed E-state index contributed by atoms with van der Waals surface area (Å²) in [4.78, 5) is 44.1. The lowest BCUT2D eigenvalue weighted by Crippen LogP contribution is -2.43. The molecule has 0 aliphatic rings. The standard InChI is InChI=1S/C21H17BrN4O7S.C8H7BrO3/c22-15-6-10-18(11-7-15)33-13-20(27)23-24-21(28)14-4-8-16(9-5-14)25-34(31,32)19-3-1-2-17(12-19)26(29)30;9-6-1-3-7(4-2-6)12-5-8(10)11/h1-12,25H,13H2,(H,23,27)(H,24,28);1-4H,5H2,(H,10,11). The monoisotopic (exact) mass is 778 g/mol. The number of halogens is 2. The second kappa shape index (κ2) is 16.9. The van der Waals surface area contributed by atoms with Crippen LogP contribution in [0.25, 0.3) is 0 Å². The van der Waals surface area contributed by atoms with Gasteiger partial charge in [-0.05, 0) is 78.9 Å². The molecule has 0 heterocycles. The maximum Gasteiger partial charge on any atom is 0.341 e. The molecule has 0 bridgehead atoms. The molecule has 0 atom stereocenters. The molecule has 4 aromatic carbocycles. The Hall–Kier alpha value is -5.00. The quantitative estimate of drug-likeness (QED) is 0.120. The Morgan fingerprint density at radius 3 is 1.85 bits per heavy atom. The lowest BCUT2D eigenvalue weighted by molar-refractivity contribution is -0.385. The number of nitrogens with one attached hydrogen (secondary N) is 3. The largest absolute Gasteiger partial charge is 0.484 e. The van der Waals surface area contributed by atoms with Crippen LogP contribution in [0.1, 0.15) is 10.4 Å². The molecule has 14 nitrogen and oxygen atoms in total. The number of sulfonamides is 1. The third-order valence-corrected chi connectivity index (χ3v) is 7.85. The SMILES string of the molecule is O=C(COc1ccc(Br)cc1)NNC(=O)c1ccc(NS(=O)(=O)c2cccc([N+](=O)[O-])c2)cc1.O=C(O)COc1ccc(Br)cc1. The number of carboxylic acids is 1. The number of nitro benzene ring substituents is 1. The van der Waals surface area contributed by atoms with Crippen LogP contribution in [0.5, 0.6) is 11.5 Å². The Morgan fingerprint density at radius 1 is 0.783 bits per heavy atom. The van der Waals surface area contributed by atoms with E-state index in [0.717, 1.165) is 15.0 Å². The summed E-state index contributed by atoms with van der Waals surface area (Å²) in [6, 6.07) is 23.8. The fraction of sp³-hybridized carbons (Fsp3) is 0.0690. The Labute approximate surface area is 279 Å². The van der Waals surface area contributed by atoms with Crippen LogP contribution in [0.2, 0.25) is 0 Å². The number of ether oxygens (including phenoxy) is 2. The van der Waals surface area contributed by atoms with Gasteiger partial charge in [-0.3, -0.25) is 35.3 Å². The summed E-state index contributed by atoms with van der Waals surface area (Å²) in [6.07, 6.45) is 0. The van der Waals surface area contributed by atoms with Gasteiger partial charge in [-0.2, -0.15) is 0 Å². The molecule has 0 aliphatic heterocycles. The zero-order valence-electron chi connectivity index (χ0n) is 23.4. The number of carbonyl (C=O) groups is 3. The van der Waals surface area contributed by atoms with Gasteiger partial charge in [0.05, 0.1) is 9.82 Å². The first-order chi connectivity index (χ1) is 21.8. The van der Waals surface area contributed by atoms with E-state index in [1.165, 1.54) is 42.5 Å². The molecule has 0 spiro atoms. The molecule has 240 valence electrons. The van der Waals surface area contributed by atoms with E-state index in [0.29, 0.717) is 11.5 Å². The van der Waals surface area contributed by atoms with E-state index in [4.69, 9.17) is 14.6 Å². The molecule has 46 heavy (non-hydrogen) atoms. The number of hydrazine groups is 1. The molecule has 4 rings (SSSR count). The van der Waals surface area contributed by atoms with Crippen molar-refractivity contribution in [2.75, 3.05) is 17.9 Å².